The summed E-state index contributed by atoms with van der Waals surface area (Å²) in [6, 6.07) is 17.9. The van der Waals surface area contributed by atoms with Gasteiger partial charge in [-0.3, -0.25) is 0 Å². The maximum absolute atomic E-state index is 3.66. The predicted molar refractivity (Wildman–Crippen MR) is 90.1 cm³/mol. The van der Waals surface area contributed by atoms with Crippen LogP contribution in [-0.4, -0.2) is 6.54 Å². The Labute approximate surface area is 130 Å². The molecule has 0 fully saturated rings. The van der Waals surface area contributed by atoms with Gasteiger partial charge < -0.3 is 5.32 Å². The van der Waals surface area contributed by atoms with Crippen LogP contribution in [-0.2, 0) is 6.42 Å². The molecule has 2 heteroatoms. The van der Waals surface area contributed by atoms with Gasteiger partial charge in [-0.05, 0) is 49.6 Å². The van der Waals surface area contributed by atoms with Crippen LogP contribution in [0.25, 0.3) is 0 Å². The molecule has 1 N–H and O–H groups in total. The number of nitrogens with one attached hydrogen (secondary N) is 1. The lowest BCUT2D eigenvalue weighted by atomic mass is 9.98. The Morgan fingerprint density at radius 3 is 2.25 bits per heavy atom. The smallest absolute Gasteiger partial charge is 0.0360 e. The van der Waals surface area contributed by atoms with Crippen LogP contribution in [0.2, 0.25) is 0 Å². The Hall–Kier alpha value is -1.12. The second kappa shape index (κ2) is 7.61. The van der Waals surface area contributed by atoms with E-state index in [9.17, 15) is 0 Å². The van der Waals surface area contributed by atoms with Crippen LogP contribution < -0.4 is 5.32 Å². The molecule has 0 aromatic heterocycles. The highest BCUT2D eigenvalue weighted by molar-refractivity contribution is 9.10. The SMILES string of the molecule is CCCNC(Cc1ccc(Br)cc1)c1ccc(C)cc1. The molecule has 0 saturated carbocycles. The van der Waals surface area contributed by atoms with E-state index in [-0.39, 0.29) is 0 Å². The fraction of sp³-hybridized carbons (Fsp3) is 0.333. The molecular weight excluding hydrogens is 310 g/mol. The largest absolute Gasteiger partial charge is 0.310 e. The molecule has 0 saturated heterocycles. The van der Waals surface area contributed by atoms with Gasteiger partial charge in [0.2, 0.25) is 0 Å². The van der Waals surface area contributed by atoms with Gasteiger partial charge in [0.25, 0.3) is 0 Å². The Balaban J connectivity index is 2.14. The summed E-state index contributed by atoms with van der Waals surface area (Å²) < 4.78 is 1.13. The molecule has 0 aliphatic heterocycles. The highest BCUT2D eigenvalue weighted by Gasteiger charge is 2.11. The van der Waals surface area contributed by atoms with Crippen LogP contribution in [0.1, 0.15) is 36.1 Å². The Bertz CT molecular complexity index is 516. The van der Waals surface area contributed by atoms with E-state index in [0.717, 1.165) is 23.9 Å². The molecule has 0 aliphatic carbocycles. The summed E-state index contributed by atoms with van der Waals surface area (Å²) in [5, 5.41) is 3.66. The molecule has 0 amide bonds. The fourth-order valence-electron chi connectivity index (χ4n) is 2.28. The quantitative estimate of drug-likeness (QED) is 0.781. The van der Waals surface area contributed by atoms with Crippen LogP contribution in [0.3, 0.4) is 0 Å². The molecular formula is C18H22BrN. The first-order chi connectivity index (χ1) is 9.69. The number of aryl methyl sites for hydroxylation is 1. The average molecular weight is 332 g/mol. The average Bonchev–Trinajstić information content (AvgIpc) is 2.46. The number of benzene rings is 2. The lowest BCUT2D eigenvalue weighted by Crippen LogP contribution is -2.24. The van der Waals surface area contributed by atoms with Crippen molar-refractivity contribution in [1.82, 2.24) is 5.32 Å². The Morgan fingerprint density at radius 1 is 1.00 bits per heavy atom. The van der Waals surface area contributed by atoms with E-state index in [2.05, 4.69) is 83.6 Å². The zero-order valence-electron chi connectivity index (χ0n) is 12.2. The van der Waals surface area contributed by atoms with E-state index in [4.69, 9.17) is 0 Å². The Morgan fingerprint density at radius 2 is 1.65 bits per heavy atom. The highest BCUT2D eigenvalue weighted by atomic mass is 79.9. The normalized spacial score (nSPS) is 12.3. The number of rotatable bonds is 6. The van der Waals surface area contributed by atoms with Gasteiger partial charge in [-0.1, -0.05) is 64.8 Å². The van der Waals surface area contributed by atoms with Crippen LogP contribution in [0.15, 0.2) is 53.0 Å². The van der Waals surface area contributed by atoms with E-state index in [1.807, 2.05) is 0 Å². The van der Waals surface area contributed by atoms with Gasteiger partial charge >= 0.3 is 0 Å². The minimum absolute atomic E-state index is 0.386. The van der Waals surface area contributed by atoms with Gasteiger partial charge in [-0.25, -0.2) is 0 Å². The zero-order valence-corrected chi connectivity index (χ0v) is 13.8. The third-order valence-electron chi connectivity index (χ3n) is 3.47. The summed E-state index contributed by atoms with van der Waals surface area (Å²) in [4.78, 5) is 0. The third kappa shape index (κ3) is 4.46. The molecule has 1 atom stereocenters. The molecule has 1 unspecified atom stereocenters. The van der Waals surface area contributed by atoms with Crippen LogP contribution >= 0.6 is 15.9 Å². The molecule has 20 heavy (non-hydrogen) atoms. The highest BCUT2D eigenvalue weighted by Crippen LogP contribution is 2.20. The van der Waals surface area contributed by atoms with E-state index in [1.165, 1.54) is 16.7 Å². The Kier molecular flexibility index (Phi) is 5.81. The maximum Gasteiger partial charge on any atom is 0.0360 e. The summed E-state index contributed by atoms with van der Waals surface area (Å²) in [5.41, 5.74) is 4.04. The van der Waals surface area contributed by atoms with Crippen molar-refractivity contribution in [2.75, 3.05) is 6.54 Å². The number of hydrogen-bond donors (Lipinski definition) is 1. The molecule has 0 aliphatic rings. The van der Waals surface area contributed by atoms with Gasteiger partial charge in [-0.15, -0.1) is 0 Å². The van der Waals surface area contributed by atoms with Crippen LogP contribution in [0.5, 0.6) is 0 Å². The summed E-state index contributed by atoms with van der Waals surface area (Å²) in [6.45, 7) is 5.39. The van der Waals surface area contributed by atoms with Gasteiger partial charge in [0.15, 0.2) is 0 Å². The molecule has 2 rings (SSSR count). The molecule has 0 heterocycles. The van der Waals surface area contributed by atoms with Gasteiger partial charge in [0.1, 0.15) is 0 Å². The first-order valence-corrected chi connectivity index (χ1v) is 8.02. The van der Waals surface area contributed by atoms with E-state index < -0.39 is 0 Å². The summed E-state index contributed by atoms with van der Waals surface area (Å²) >= 11 is 3.49. The van der Waals surface area contributed by atoms with Crippen molar-refractivity contribution in [2.24, 2.45) is 0 Å². The molecule has 1 nitrogen and oxygen atoms in total. The minimum atomic E-state index is 0.386. The molecule has 2 aromatic rings. The third-order valence-corrected chi connectivity index (χ3v) is 4.00. The number of hydrogen-bond acceptors (Lipinski definition) is 1. The van der Waals surface area contributed by atoms with Gasteiger partial charge in [-0.2, -0.15) is 0 Å². The van der Waals surface area contributed by atoms with Gasteiger partial charge in [0.05, 0.1) is 0 Å². The topological polar surface area (TPSA) is 12.0 Å². The van der Waals surface area contributed by atoms with Crippen molar-refractivity contribution in [1.29, 1.82) is 0 Å². The van der Waals surface area contributed by atoms with Crippen molar-refractivity contribution in [3.05, 3.63) is 69.7 Å². The first-order valence-electron chi connectivity index (χ1n) is 7.23. The van der Waals surface area contributed by atoms with Crippen molar-refractivity contribution in [3.63, 3.8) is 0 Å². The molecule has 0 bridgehead atoms. The van der Waals surface area contributed by atoms with Gasteiger partial charge in [0, 0.05) is 10.5 Å². The van der Waals surface area contributed by atoms with Crippen molar-refractivity contribution < 1.29 is 0 Å². The van der Waals surface area contributed by atoms with Crippen molar-refractivity contribution in [2.45, 2.75) is 32.7 Å². The second-order valence-corrected chi connectivity index (χ2v) is 6.16. The summed E-state index contributed by atoms with van der Waals surface area (Å²) in [5.74, 6) is 0. The van der Waals surface area contributed by atoms with Crippen LogP contribution in [0, 0.1) is 6.92 Å². The second-order valence-electron chi connectivity index (χ2n) is 5.25. The molecule has 2 aromatic carbocycles. The standard InChI is InChI=1S/C18H22BrN/c1-3-12-20-18(16-8-4-14(2)5-9-16)13-15-6-10-17(19)11-7-15/h4-11,18,20H,3,12-13H2,1-2H3. The maximum atomic E-state index is 3.66. The minimum Gasteiger partial charge on any atom is -0.310 e. The number of halogens is 1. The van der Waals surface area contributed by atoms with Crippen molar-refractivity contribution >= 4 is 15.9 Å². The predicted octanol–water partition coefficient (Wildman–Crippen LogP) is 5.04. The van der Waals surface area contributed by atoms with Crippen molar-refractivity contribution in [3.8, 4) is 0 Å². The molecule has 106 valence electrons. The van der Waals surface area contributed by atoms with E-state index in [0.29, 0.717) is 6.04 Å². The monoisotopic (exact) mass is 331 g/mol. The summed E-state index contributed by atoms with van der Waals surface area (Å²) in [7, 11) is 0. The molecule has 0 radical (unpaired) electrons. The lowest BCUT2D eigenvalue weighted by molar-refractivity contribution is 0.529. The summed E-state index contributed by atoms with van der Waals surface area (Å²) in [6.07, 6.45) is 2.18. The van der Waals surface area contributed by atoms with E-state index >= 15 is 0 Å². The van der Waals surface area contributed by atoms with E-state index in [1.54, 1.807) is 0 Å². The lowest BCUT2D eigenvalue weighted by Gasteiger charge is -2.19. The fourth-order valence-corrected chi connectivity index (χ4v) is 2.55. The zero-order chi connectivity index (χ0) is 14.4. The van der Waals surface area contributed by atoms with Crippen LogP contribution in [0.4, 0.5) is 0 Å². The first kappa shape index (κ1) is 15.3. The molecule has 0 spiro atoms.